The van der Waals surface area contributed by atoms with Gasteiger partial charge in [0.05, 0.1) is 0 Å². The zero-order chi connectivity index (χ0) is 11.3. The van der Waals surface area contributed by atoms with Gasteiger partial charge in [0.15, 0.2) is 0 Å². The fraction of sp³-hybridized carbons (Fsp3) is 0.500. The van der Waals surface area contributed by atoms with E-state index in [2.05, 4.69) is 22.9 Å². The highest BCUT2D eigenvalue weighted by Gasteiger charge is 2.09. The summed E-state index contributed by atoms with van der Waals surface area (Å²) in [5, 5.41) is 0.749. The number of halogens is 3. The second-order valence-corrected chi connectivity index (χ2v) is 5.06. The van der Waals surface area contributed by atoms with E-state index in [-0.39, 0.29) is 18.4 Å². The zero-order valence-electron chi connectivity index (χ0n) is 9.38. The Kier molecular flexibility index (Phi) is 8.47. The van der Waals surface area contributed by atoms with E-state index in [1.165, 1.54) is 19.3 Å². The van der Waals surface area contributed by atoms with E-state index in [9.17, 15) is 0 Å². The third kappa shape index (κ3) is 5.05. The molecule has 0 amide bonds. The minimum atomic E-state index is 0. The van der Waals surface area contributed by atoms with Gasteiger partial charge in [0.1, 0.15) is 0 Å². The third-order valence-corrected chi connectivity index (χ3v) is 3.43. The smallest absolute Gasteiger partial charge is 0.0410 e. The van der Waals surface area contributed by atoms with Crippen LogP contribution in [0.15, 0.2) is 22.7 Å². The van der Waals surface area contributed by atoms with E-state index in [1.54, 1.807) is 0 Å². The molecular formula is C12H18BrCl2N. The van der Waals surface area contributed by atoms with Gasteiger partial charge in [-0.15, -0.1) is 12.4 Å². The summed E-state index contributed by atoms with van der Waals surface area (Å²) < 4.78 is 1.05. The molecule has 1 nitrogen and oxygen atoms in total. The highest BCUT2D eigenvalue weighted by Crippen LogP contribution is 2.28. The molecule has 92 valence electrons. The molecule has 0 spiro atoms. The fourth-order valence-corrected chi connectivity index (χ4v) is 2.29. The molecule has 0 fully saturated rings. The van der Waals surface area contributed by atoms with E-state index >= 15 is 0 Å². The van der Waals surface area contributed by atoms with Crippen LogP contribution in [0.2, 0.25) is 5.02 Å². The molecule has 0 aliphatic heterocycles. The summed E-state index contributed by atoms with van der Waals surface area (Å²) in [4.78, 5) is 0. The summed E-state index contributed by atoms with van der Waals surface area (Å²) in [5.74, 6) is 0. The van der Waals surface area contributed by atoms with Crippen LogP contribution in [-0.2, 0) is 0 Å². The quantitative estimate of drug-likeness (QED) is 0.748. The third-order valence-electron chi connectivity index (χ3n) is 2.48. The van der Waals surface area contributed by atoms with Crippen molar-refractivity contribution in [2.75, 3.05) is 0 Å². The molecule has 1 aromatic carbocycles. The van der Waals surface area contributed by atoms with Crippen molar-refractivity contribution in [3.63, 3.8) is 0 Å². The first-order valence-corrected chi connectivity index (χ1v) is 6.52. The van der Waals surface area contributed by atoms with Gasteiger partial charge in [-0.3, -0.25) is 0 Å². The first-order valence-electron chi connectivity index (χ1n) is 5.35. The van der Waals surface area contributed by atoms with Crippen LogP contribution in [0.25, 0.3) is 0 Å². The van der Waals surface area contributed by atoms with Crippen LogP contribution >= 0.6 is 39.9 Å². The zero-order valence-corrected chi connectivity index (χ0v) is 12.5. The first kappa shape index (κ1) is 16.2. The van der Waals surface area contributed by atoms with E-state index in [0.717, 1.165) is 21.5 Å². The van der Waals surface area contributed by atoms with Crippen LogP contribution in [0.3, 0.4) is 0 Å². The Balaban J connectivity index is 0.00000225. The maximum absolute atomic E-state index is 6.12. The van der Waals surface area contributed by atoms with Gasteiger partial charge in [0.2, 0.25) is 0 Å². The standard InChI is InChI=1S/C12H17BrClN.ClH/c1-2-3-4-5-12(15)10-8-9(14)6-7-11(10)13;/h6-8,12H,2-5,15H2,1H3;1H/t12-;/m1./s1. The molecule has 0 heterocycles. The van der Waals surface area contributed by atoms with Crippen molar-refractivity contribution in [1.82, 2.24) is 0 Å². The van der Waals surface area contributed by atoms with E-state index < -0.39 is 0 Å². The van der Waals surface area contributed by atoms with Crippen molar-refractivity contribution < 1.29 is 0 Å². The second kappa shape index (κ2) is 8.35. The van der Waals surface area contributed by atoms with Crippen molar-refractivity contribution in [1.29, 1.82) is 0 Å². The van der Waals surface area contributed by atoms with Crippen molar-refractivity contribution in [2.45, 2.75) is 38.6 Å². The molecule has 16 heavy (non-hydrogen) atoms. The molecule has 0 aliphatic carbocycles. The largest absolute Gasteiger partial charge is 0.324 e. The van der Waals surface area contributed by atoms with E-state index in [0.29, 0.717) is 0 Å². The van der Waals surface area contributed by atoms with Crippen LogP contribution < -0.4 is 5.73 Å². The fourth-order valence-electron chi connectivity index (χ4n) is 1.57. The maximum atomic E-state index is 6.12. The summed E-state index contributed by atoms with van der Waals surface area (Å²) in [6.45, 7) is 2.20. The lowest BCUT2D eigenvalue weighted by molar-refractivity contribution is 0.580. The van der Waals surface area contributed by atoms with Gasteiger partial charge in [-0.2, -0.15) is 0 Å². The van der Waals surface area contributed by atoms with Crippen molar-refractivity contribution >= 4 is 39.9 Å². The lowest BCUT2D eigenvalue weighted by Gasteiger charge is -2.13. The number of nitrogens with two attached hydrogens (primary N) is 1. The predicted molar refractivity (Wildman–Crippen MR) is 77.5 cm³/mol. The maximum Gasteiger partial charge on any atom is 0.0410 e. The predicted octanol–water partition coefficient (Wildman–Crippen LogP) is 5.10. The molecule has 0 saturated carbocycles. The molecule has 0 radical (unpaired) electrons. The van der Waals surface area contributed by atoms with Gasteiger partial charge in [-0.1, -0.05) is 53.7 Å². The molecule has 2 N–H and O–H groups in total. The van der Waals surface area contributed by atoms with Gasteiger partial charge in [0.25, 0.3) is 0 Å². The molecule has 0 aliphatic rings. The Labute approximate surface area is 117 Å². The van der Waals surface area contributed by atoms with Gasteiger partial charge >= 0.3 is 0 Å². The number of rotatable bonds is 5. The Hall–Kier alpha value is 0.240. The topological polar surface area (TPSA) is 26.0 Å². The number of hydrogen-bond donors (Lipinski definition) is 1. The monoisotopic (exact) mass is 325 g/mol. The average molecular weight is 327 g/mol. The molecule has 1 rings (SSSR count). The van der Waals surface area contributed by atoms with E-state index in [4.69, 9.17) is 17.3 Å². The lowest BCUT2D eigenvalue weighted by Crippen LogP contribution is -2.10. The molecule has 0 aromatic heterocycles. The van der Waals surface area contributed by atoms with Crippen LogP contribution in [0.5, 0.6) is 0 Å². The Morgan fingerprint density at radius 3 is 2.69 bits per heavy atom. The normalized spacial score (nSPS) is 12.0. The molecule has 1 aromatic rings. The summed E-state index contributed by atoms with van der Waals surface area (Å²) in [6, 6.07) is 5.86. The van der Waals surface area contributed by atoms with Crippen LogP contribution in [-0.4, -0.2) is 0 Å². The van der Waals surface area contributed by atoms with Crippen LogP contribution in [0.4, 0.5) is 0 Å². The van der Waals surface area contributed by atoms with Crippen LogP contribution in [0.1, 0.15) is 44.2 Å². The molecular weight excluding hydrogens is 309 g/mol. The van der Waals surface area contributed by atoms with Crippen molar-refractivity contribution in [3.8, 4) is 0 Å². The second-order valence-electron chi connectivity index (χ2n) is 3.77. The van der Waals surface area contributed by atoms with Gasteiger partial charge in [-0.25, -0.2) is 0 Å². The Bertz CT molecular complexity index is 318. The minimum Gasteiger partial charge on any atom is -0.324 e. The Morgan fingerprint density at radius 1 is 1.38 bits per heavy atom. The SMILES string of the molecule is CCCCC[C@@H](N)c1cc(Cl)ccc1Br.Cl. The van der Waals surface area contributed by atoms with Crippen molar-refractivity contribution in [2.24, 2.45) is 5.73 Å². The Morgan fingerprint density at radius 2 is 2.06 bits per heavy atom. The summed E-state index contributed by atoms with van der Waals surface area (Å²) >= 11 is 9.45. The highest BCUT2D eigenvalue weighted by molar-refractivity contribution is 9.10. The van der Waals surface area contributed by atoms with Gasteiger partial charge in [-0.05, 0) is 30.2 Å². The minimum absolute atomic E-state index is 0. The summed E-state index contributed by atoms with van der Waals surface area (Å²) in [5.41, 5.74) is 7.23. The number of hydrogen-bond acceptors (Lipinski definition) is 1. The van der Waals surface area contributed by atoms with Gasteiger partial charge in [0, 0.05) is 15.5 Å². The van der Waals surface area contributed by atoms with Gasteiger partial charge < -0.3 is 5.73 Å². The number of unbranched alkanes of at least 4 members (excludes halogenated alkanes) is 2. The molecule has 1 atom stereocenters. The lowest BCUT2D eigenvalue weighted by atomic mass is 10.0. The average Bonchev–Trinajstić information content (AvgIpc) is 2.22. The molecule has 4 heteroatoms. The molecule has 0 unspecified atom stereocenters. The summed E-state index contributed by atoms with van der Waals surface area (Å²) in [6.07, 6.45) is 4.67. The van der Waals surface area contributed by atoms with E-state index in [1.807, 2.05) is 18.2 Å². The first-order chi connectivity index (χ1) is 7.15. The summed E-state index contributed by atoms with van der Waals surface area (Å²) in [7, 11) is 0. The van der Waals surface area contributed by atoms with Crippen molar-refractivity contribution in [3.05, 3.63) is 33.3 Å². The van der Waals surface area contributed by atoms with Crippen LogP contribution in [0, 0.1) is 0 Å². The molecule has 0 saturated heterocycles. The number of benzene rings is 1. The highest BCUT2D eigenvalue weighted by atomic mass is 79.9. The molecule has 0 bridgehead atoms.